The second-order valence-electron chi connectivity index (χ2n) is 4.24. The molecular formula is C12H18FNO. The number of halogens is 1. The third-order valence-electron chi connectivity index (χ3n) is 2.49. The lowest BCUT2D eigenvalue weighted by Crippen LogP contribution is -2.35. The number of hydrogen-bond donors (Lipinski definition) is 2. The Morgan fingerprint density at radius 2 is 2.00 bits per heavy atom. The highest BCUT2D eigenvalue weighted by Crippen LogP contribution is 2.27. The Hall–Kier alpha value is -0.930. The Morgan fingerprint density at radius 1 is 1.40 bits per heavy atom. The zero-order chi connectivity index (χ0) is 11.6. The minimum absolute atomic E-state index is 0.327. The molecule has 1 aromatic carbocycles. The molecule has 1 aromatic rings. The molecule has 3 heteroatoms. The van der Waals surface area contributed by atoms with E-state index in [9.17, 15) is 9.50 Å². The summed E-state index contributed by atoms with van der Waals surface area (Å²) < 4.78 is 13.7. The third kappa shape index (κ3) is 2.55. The van der Waals surface area contributed by atoms with Gasteiger partial charge in [-0.15, -0.1) is 0 Å². The lowest BCUT2D eigenvalue weighted by atomic mass is 9.90. The first-order chi connectivity index (χ1) is 6.88. The van der Waals surface area contributed by atoms with Crippen molar-refractivity contribution in [2.24, 2.45) is 0 Å². The van der Waals surface area contributed by atoms with Crippen LogP contribution in [-0.4, -0.2) is 18.7 Å². The van der Waals surface area contributed by atoms with Gasteiger partial charge in [-0.05, 0) is 45.0 Å². The van der Waals surface area contributed by atoms with Crippen LogP contribution in [0.15, 0.2) is 12.1 Å². The number of aryl methyl sites for hydroxylation is 2. The summed E-state index contributed by atoms with van der Waals surface area (Å²) in [5, 5.41) is 13.0. The molecule has 0 aliphatic heterocycles. The predicted octanol–water partition coefficient (Wildman–Crippen LogP) is 1.87. The van der Waals surface area contributed by atoms with Crippen molar-refractivity contribution in [2.75, 3.05) is 13.6 Å². The predicted molar refractivity (Wildman–Crippen MR) is 59.4 cm³/mol. The molecule has 15 heavy (non-hydrogen) atoms. The molecule has 0 fully saturated rings. The van der Waals surface area contributed by atoms with Crippen LogP contribution in [0.3, 0.4) is 0 Å². The van der Waals surface area contributed by atoms with Gasteiger partial charge in [-0.3, -0.25) is 0 Å². The van der Waals surface area contributed by atoms with Gasteiger partial charge >= 0.3 is 0 Å². The number of rotatable bonds is 3. The average molecular weight is 211 g/mol. The van der Waals surface area contributed by atoms with Gasteiger partial charge in [0, 0.05) is 12.1 Å². The van der Waals surface area contributed by atoms with Crippen molar-refractivity contribution in [3.8, 4) is 0 Å². The number of aliphatic hydroxyl groups is 1. The molecule has 1 rings (SSSR count). The summed E-state index contributed by atoms with van der Waals surface area (Å²) in [6.07, 6.45) is 0. The van der Waals surface area contributed by atoms with Gasteiger partial charge in [0.1, 0.15) is 11.4 Å². The highest BCUT2D eigenvalue weighted by atomic mass is 19.1. The highest BCUT2D eigenvalue weighted by Gasteiger charge is 2.27. The molecule has 0 heterocycles. The molecule has 0 saturated carbocycles. The molecule has 0 amide bonds. The van der Waals surface area contributed by atoms with Crippen molar-refractivity contribution < 1.29 is 9.50 Å². The van der Waals surface area contributed by atoms with Gasteiger partial charge < -0.3 is 10.4 Å². The minimum atomic E-state index is -1.17. The zero-order valence-electron chi connectivity index (χ0n) is 9.69. The number of benzene rings is 1. The molecule has 0 saturated heterocycles. The lowest BCUT2D eigenvalue weighted by Gasteiger charge is -2.26. The van der Waals surface area contributed by atoms with E-state index in [0.29, 0.717) is 12.1 Å². The van der Waals surface area contributed by atoms with Crippen LogP contribution in [0.25, 0.3) is 0 Å². The number of hydrogen-bond acceptors (Lipinski definition) is 2. The molecule has 1 unspecified atom stereocenters. The van der Waals surface area contributed by atoms with Crippen LogP contribution in [0.5, 0.6) is 0 Å². The Bertz CT molecular complexity index is 338. The van der Waals surface area contributed by atoms with Gasteiger partial charge in [-0.1, -0.05) is 6.07 Å². The SMILES string of the molecule is CNCC(C)(O)c1c(C)cc(C)cc1F. The summed E-state index contributed by atoms with van der Waals surface area (Å²) in [5.74, 6) is -0.340. The fourth-order valence-electron chi connectivity index (χ4n) is 2.03. The van der Waals surface area contributed by atoms with E-state index >= 15 is 0 Å². The molecule has 0 aliphatic rings. The summed E-state index contributed by atoms with van der Waals surface area (Å²) in [7, 11) is 1.73. The third-order valence-corrected chi connectivity index (χ3v) is 2.49. The van der Waals surface area contributed by atoms with Gasteiger partial charge in [0.15, 0.2) is 0 Å². The Labute approximate surface area is 90.1 Å². The van der Waals surface area contributed by atoms with E-state index in [-0.39, 0.29) is 5.82 Å². The van der Waals surface area contributed by atoms with Gasteiger partial charge in [0.2, 0.25) is 0 Å². The fraction of sp³-hybridized carbons (Fsp3) is 0.500. The summed E-state index contributed by atoms with van der Waals surface area (Å²) in [6, 6.07) is 3.33. The molecule has 2 nitrogen and oxygen atoms in total. The maximum absolute atomic E-state index is 13.7. The molecule has 1 atom stereocenters. The Balaban J connectivity index is 3.24. The lowest BCUT2D eigenvalue weighted by molar-refractivity contribution is 0.0547. The largest absolute Gasteiger partial charge is 0.384 e. The minimum Gasteiger partial charge on any atom is -0.384 e. The molecule has 84 valence electrons. The topological polar surface area (TPSA) is 32.3 Å². The maximum Gasteiger partial charge on any atom is 0.129 e. The van der Waals surface area contributed by atoms with Gasteiger partial charge in [-0.2, -0.15) is 0 Å². The van der Waals surface area contributed by atoms with E-state index in [0.717, 1.165) is 11.1 Å². The average Bonchev–Trinajstić information content (AvgIpc) is 1.99. The van der Waals surface area contributed by atoms with Crippen LogP contribution in [-0.2, 0) is 5.60 Å². The van der Waals surface area contributed by atoms with Crippen molar-refractivity contribution in [3.05, 3.63) is 34.6 Å². The molecule has 0 bridgehead atoms. The maximum atomic E-state index is 13.7. The summed E-state index contributed by atoms with van der Waals surface area (Å²) in [4.78, 5) is 0. The van der Waals surface area contributed by atoms with Gasteiger partial charge in [-0.25, -0.2) is 4.39 Å². The van der Waals surface area contributed by atoms with Crippen LogP contribution in [0, 0.1) is 19.7 Å². The number of likely N-dealkylation sites (N-methyl/N-ethyl adjacent to an activating group) is 1. The second kappa shape index (κ2) is 4.29. The van der Waals surface area contributed by atoms with Crippen LogP contribution in [0.4, 0.5) is 4.39 Å². The van der Waals surface area contributed by atoms with E-state index in [2.05, 4.69) is 5.32 Å². The van der Waals surface area contributed by atoms with Crippen molar-refractivity contribution in [2.45, 2.75) is 26.4 Å². The Kier molecular flexibility index (Phi) is 3.47. The van der Waals surface area contributed by atoms with Crippen LogP contribution in [0.1, 0.15) is 23.6 Å². The molecule has 0 radical (unpaired) electrons. The molecule has 0 aromatic heterocycles. The normalized spacial score (nSPS) is 15.1. The van der Waals surface area contributed by atoms with E-state index in [4.69, 9.17) is 0 Å². The summed E-state index contributed by atoms with van der Waals surface area (Å²) >= 11 is 0. The van der Waals surface area contributed by atoms with Crippen molar-refractivity contribution in [1.29, 1.82) is 0 Å². The van der Waals surface area contributed by atoms with Crippen molar-refractivity contribution in [3.63, 3.8) is 0 Å². The standard InChI is InChI=1S/C12H18FNO/c1-8-5-9(2)11(10(13)6-8)12(3,15)7-14-4/h5-6,14-15H,7H2,1-4H3. The van der Waals surface area contributed by atoms with Crippen LogP contribution >= 0.6 is 0 Å². The quantitative estimate of drug-likeness (QED) is 0.800. The molecule has 2 N–H and O–H groups in total. The Morgan fingerprint density at radius 3 is 2.47 bits per heavy atom. The zero-order valence-corrected chi connectivity index (χ0v) is 9.69. The van der Waals surface area contributed by atoms with E-state index in [1.54, 1.807) is 14.0 Å². The van der Waals surface area contributed by atoms with E-state index < -0.39 is 5.60 Å². The van der Waals surface area contributed by atoms with Gasteiger partial charge in [0.25, 0.3) is 0 Å². The molecule has 0 aliphatic carbocycles. The van der Waals surface area contributed by atoms with E-state index in [1.165, 1.54) is 6.07 Å². The summed E-state index contributed by atoms with van der Waals surface area (Å²) in [6.45, 7) is 5.60. The fourth-order valence-corrected chi connectivity index (χ4v) is 2.03. The smallest absolute Gasteiger partial charge is 0.129 e. The van der Waals surface area contributed by atoms with Crippen LogP contribution in [0.2, 0.25) is 0 Å². The van der Waals surface area contributed by atoms with Crippen molar-refractivity contribution in [1.82, 2.24) is 5.32 Å². The molecule has 0 spiro atoms. The van der Waals surface area contributed by atoms with Gasteiger partial charge in [0.05, 0.1) is 0 Å². The number of nitrogens with one attached hydrogen (secondary N) is 1. The molecular weight excluding hydrogens is 193 g/mol. The van der Waals surface area contributed by atoms with Crippen LogP contribution < -0.4 is 5.32 Å². The monoisotopic (exact) mass is 211 g/mol. The van der Waals surface area contributed by atoms with E-state index in [1.807, 2.05) is 19.9 Å². The highest BCUT2D eigenvalue weighted by molar-refractivity contribution is 5.36. The first-order valence-electron chi connectivity index (χ1n) is 5.02. The first kappa shape index (κ1) is 12.1. The van der Waals surface area contributed by atoms with Crippen molar-refractivity contribution >= 4 is 0 Å². The second-order valence-corrected chi connectivity index (χ2v) is 4.24. The first-order valence-corrected chi connectivity index (χ1v) is 5.02. The summed E-state index contributed by atoms with van der Waals surface area (Å²) in [5.41, 5.74) is 0.862.